The number of likely N-dealkylation sites (N-methyl/N-ethyl adjacent to an activating group) is 1. The molecule has 0 aromatic heterocycles. The topological polar surface area (TPSA) is 65.7 Å². The molecule has 0 saturated carbocycles. The molecule has 0 fully saturated rings. The lowest BCUT2D eigenvalue weighted by Gasteiger charge is -2.24. The minimum absolute atomic E-state index is 0.0441. The monoisotopic (exact) mass is 537 g/mol. The van der Waals surface area contributed by atoms with Crippen LogP contribution in [0.3, 0.4) is 0 Å². The number of benzene rings is 3. The molecule has 4 rings (SSSR count). The number of rotatable bonds is 3. The molecule has 35 heavy (non-hydrogen) atoms. The Morgan fingerprint density at radius 3 is 2.51 bits per heavy atom. The maximum absolute atomic E-state index is 13.2. The van der Waals surface area contributed by atoms with Crippen molar-refractivity contribution in [1.82, 2.24) is 5.32 Å². The van der Waals surface area contributed by atoms with Gasteiger partial charge in [-0.25, -0.2) is 0 Å². The van der Waals surface area contributed by atoms with Gasteiger partial charge in [0.1, 0.15) is 6.17 Å². The average Bonchev–Trinajstić information content (AvgIpc) is 2.92. The van der Waals surface area contributed by atoms with Gasteiger partial charge < -0.3 is 21.3 Å². The summed E-state index contributed by atoms with van der Waals surface area (Å²) in [6, 6.07) is 16.8. The number of benzodiazepines with no additional fused rings is 1. The number of halogens is 5. The van der Waals surface area contributed by atoms with Crippen LogP contribution < -0.4 is 21.3 Å². The smallest absolute Gasteiger partial charge is 0.396 e. The number of alkyl halides is 3. The molecule has 0 saturated heterocycles. The molecule has 5 nitrogen and oxygen atoms in total. The third-order valence-corrected chi connectivity index (χ3v) is 6.17. The lowest BCUT2D eigenvalue weighted by molar-refractivity contribution is -0.137. The van der Waals surface area contributed by atoms with E-state index in [1.807, 2.05) is 54.4 Å². The van der Waals surface area contributed by atoms with Crippen LogP contribution in [0.2, 0.25) is 10.0 Å². The fourth-order valence-electron chi connectivity index (χ4n) is 3.75. The Morgan fingerprint density at radius 1 is 1.11 bits per heavy atom. The largest absolute Gasteiger partial charge is 0.416 e. The summed E-state index contributed by atoms with van der Waals surface area (Å²) in [6.45, 7) is 0.422. The van der Waals surface area contributed by atoms with Gasteiger partial charge in [-0.15, -0.1) is 0 Å². The van der Waals surface area contributed by atoms with Crippen molar-refractivity contribution in [3.05, 3.63) is 87.4 Å². The molecule has 0 aliphatic carbocycles. The number of nitrogens with two attached hydrogens (primary N) is 1. The summed E-state index contributed by atoms with van der Waals surface area (Å²) >= 11 is 17.6. The molecule has 1 aliphatic rings. The number of anilines is 3. The van der Waals surface area contributed by atoms with Crippen molar-refractivity contribution < 1.29 is 13.2 Å². The summed E-state index contributed by atoms with van der Waals surface area (Å²) in [7, 11) is 1.91. The summed E-state index contributed by atoms with van der Waals surface area (Å²) in [5.41, 5.74) is 8.22. The molecule has 3 aromatic carbocycles. The van der Waals surface area contributed by atoms with Crippen molar-refractivity contribution >= 4 is 63.3 Å². The highest BCUT2D eigenvalue weighted by Gasteiger charge is 2.32. The molecule has 0 radical (unpaired) electrons. The highest BCUT2D eigenvalue weighted by Crippen LogP contribution is 2.37. The van der Waals surface area contributed by atoms with E-state index in [1.165, 1.54) is 0 Å². The van der Waals surface area contributed by atoms with Crippen LogP contribution in [0.25, 0.3) is 0 Å². The van der Waals surface area contributed by atoms with Crippen LogP contribution in [0, 0.1) is 0 Å². The maximum Gasteiger partial charge on any atom is 0.416 e. The molecule has 11 heteroatoms. The fourth-order valence-corrected chi connectivity index (χ4v) is 4.39. The standard InChI is InChI=1S/C24H20Cl2F3N5S/c1-34-12-20(33-23(35)31-18-10-14(24(27,28)29)9-17(26)21(18)30)32-22(13-5-3-2-4-6-13)16-11-15(25)7-8-19(16)34/h2-11,20H,12,30H2,1H3,(H2,31,33,35). The molecule has 0 bridgehead atoms. The number of hydrogen-bond acceptors (Lipinski definition) is 4. The molecular formula is C24H20Cl2F3N5S. The van der Waals surface area contributed by atoms with E-state index >= 15 is 0 Å². The number of thiocarbonyl (C=S) groups is 1. The zero-order valence-electron chi connectivity index (χ0n) is 18.3. The summed E-state index contributed by atoms with van der Waals surface area (Å²) in [4.78, 5) is 6.90. The Balaban J connectivity index is 1.65. The van der Waals surface area contributed by atoms with Crippen molar-refractivity contribution in [2.24, 2.45) is 4.99 Å². The van der Waals surface area contributed by atoms with Crippen LogP contribution in [0.4, 0.5) is 30.2 Å². The quantitative estimate of drug-likeness (QED) is 0.274. The molecule has 1 atom stereocenters. The molecule has 0 spiro atoms. The van der Waals surface area contributed by atoms with Crippen LogP contribution in [0.15, 0.2) is 65.7 Å². The second-order valence-electron chi connectivity index (χ2n) is 7.92. The van der Waals surface area contributed by atoms with Gasteiger partial charge in [-0.1, -0.05) is 53.5 Å². The second-order valence-corrected chi connectivity index (χ2v) is 9.17. The predicted octanol–water partition coefficient (Wildman–Crippen LogP) is 6.19. The normalized spacial score (nSPS) is 15.7. The number of nitrogen functional groups attached to an aromatic ring is 1. The Morgan fingerprint density at radius 2 is 1.83 bits per heavy atom. The average molecular weight is 538 g/mol. The summed E-state index contributed by atoms with van der Waals surface area (Å²) in [6.07, 6.45) is -5.13. The predicted molar refractivity (Wildman–Crippen MR) is 141 cm³/mol. The van der Waals surface area contributed by atoms with Crippen LogP contribution in [-0.4, -0.2) is 30.6 Å². The number of fused-ring (bicyclic) bond motifs is 1. The van der Waals surface area contributed by atoms with Crippen LogP contribution in [0.5, 0.6) is 0 Å². The zero-order chi connectivity index (χ0) is 25.3. The minimum Gasteiger partial charge on any atom is -0.396 e. The van der Waals surface area contributed by atoms with E-state index in [-0.39, 0.29) is 21.5 Å². The molecule has 182 valence electrons. The maximum atomic E-state index is 13.2. The van der Waals surface area contributed by atoms with Gasteiger partial charge in [-0.3, -0.25) is 4.99 Å². The van der Waals surface area contributed by atoms with Crippen molar-refractivity contribution in [3.63, 3.8) is 0 Å². The third kappa shape index (κ3) is 5.63. The third-order valence-electron chi connectivity index (χ3n) is 5.41. The van der Waals surface area contributed by atoms with E-state index in [1.54, 1.807) is 6.07 Å². The lowest BCUT2D eigenvalue weighted by atomic mass is 10.0. The zero-order valence-corrected chi connectivity index (χ0v) is 20.7. The number of hydrogen-bond donors (Lipinski definition) is 3. The minimum atomic E-state index is -4.59. The fraction of sp³-hybridized carbons (Fsp3) is 0.167. The molecular weight excluding hydrogens is 518 g/mol. The Labute approximate surface area is 215 Å². The summed E-state index contributed by atoms with van der Waals surface area (Å²) < 4.78 is 39.7. The van der Waals surface area contributed by atoms with E-state index < -0.39 is 17.9 Å². The van der Waals surface area contributed by atoms with Crippen LogP contribution in [-0.2, 0) is 6.18 Å². The Kier molecular flexibility index (Phi) is 7.12. The van der Waals surface area contributed by atoms with E-state index in [9.17, 15) is 13.2 Å². The van der Waals surface area contributed by atoms with Gasteiger partial charge in [0.25, 0.3) is 0 Å². The van der Waals surface area contributed by atoms with Crippen molar-refractivity contribution in [2.75, 3.05) is 29.5 Å². The summed E-state index contributed by atoms with van der Waals surface area (Å²) in [5.74, 6) is 0. The van der Waals surface area contributed by atoms with Crippen molar-refractivity contribution in [1.29, 1.82) is 0 Å². The molecule has 1 aliphatic heterocycles. The number of aliphatic imine (C=N–C) groups is 1. The first-order valence-corrected chi connectivity index (χ1v) is 11.6. The van der Waals surface area contributed by atoms with Crippen molar-refractivity contribution in [3.8, 4) is 0 Å². The molecule has 4 N–H and O–H groups in total. The van der Waals surface area contributed by atoms with Gasteiger partial charge in [0.2, 0.25) is 0 Å². The first-order valence-electron chi connectivity index (χ1n) is 10.4. The van der Waals surface area contributed by atoms with Crippen LogP contribution in [0.1, 0.15) is 16.7 Å². The van der Waals surface area contributed by atoms with Gasteiger partial charge in [-0.05, 0) is 42.5 Å². The van der Waals surface area contributed by atoms with Gasteiger partial charge in [0, 0.05) is 28.9 Å². The highest BCUT2D eigenvalue weighted by molar-refractivity contribution is 7.80. The Bertz CT molecular complexity index is 1300. The molecule has 3 aromatic rings. The van der Waals surface area contributed by atoms with Crippen LogP contribution >= 0.6 is 35.4 Å². The number of nitrogens with zero attached hydrogens (tertiary/aromatic N) is 2. The van der Waals surface area contributed by atoms with Crippen molar-refractivity contribution in [2.45, 2.75) is 12.3 Å². The van der Waals surface area contributed by atoms with Gasteiger partial charge >= 0.3 is 6.18 Å². The molecule has 1 heterocycles. The SMILES string of the molecule is CN1CC(NC(=S)Nc2cc(C(F)(F)F)cc(Cl)c2N)N=C(c2ccccc2)c2cc(Cl)ccc21. The van der Waals surface area contributed by atoms with Gasteiger partial charge in [0.15, 0.2) is 5.11 Å². The molecule has 0 amide bonds. The van der Waals surface area contributed by atoms with E-state index in [0.29, 0.717) is 17.3 Å². The van der Waals surface area contributed by atoms with Gasteiger partial charge in [0.05, 0.1) is 34.2 Å². The van der Waals surface area contributed by atoms with E-state index in [2.05, 4.69) is 10.6 Å². The lowest BCUT2D eigenvalue weighted by Crippen LogP contribution is -2.43. The second kappa shape index (κ2) is 9.93. The Hall–Kier alpha value is -3.01. The first-order chi connectivity index (χ1) is 16.5. The molecule has 1 unspecified atom stereocenters. The number of nitrogens with one attached hydrogen (secondary N) is 2. The first kappa shape index (κ1) is 25.1. The van der Waals surface area contributed by atoms with Gasteiger partial charge in [-0.2, -0.15) is 13.2 Å². The highest BCUT2D eigenvalue weighted by atomic mass is 35.5. The summed E-state index contributed by atoms with van der Waals surface area (Å²) in [5, 5.41) is 6.19. The van der Waals surface area contributed by atoms with E-state index in [4.69, 9.17) is 46.1 Å². The van der Waals surface area contributed by atoms with E-state index in [0.717, 1.165) is 28.9 Å².